The van der Waals surface area contributed by atoms with Crippen LogP contribution in [0.2, 0.25) is 0 Å². The number of carbonyl (C=O) groups excluding carboxylic acids is 1. The van der Waals surface area contributed by atoms with Gasteiger partial charge in [-0.3, -0.25) is 4.79 Å². The quantitative estimate of drug-likeness (QED) is 0.535. The molecule has 2 aliphatic rings. The Hall–Kier alpha value is -0.530. The van der Waals surface area contributed by atoms with E-state index in [1.165, 1.54) is 12.8 Å². The largest absolute Gasteiger partial charge is 0.345 e. The Morgan fingerprint density at radius 3 is 2.92 bits per heavy atom. The molecule has 2 nitrogen and oxygen atoms in total. The van der Waals surface area contributed by atoms with Crippen molar-refractivity contribution in [2.75, 3.05) is 13.6 Å². The first-order chi connectivity index (χ1) is 5.68. The summed E-state index contributed by atoms with van der Waals surface area (Å²) in [6.07, 6.45) is 3.65. The Morgan fingerprint density at radius 2 is 2.17 bits per heavy atom. The fraction of sp³-hybridized carbons (Fsp3) is 0.900. The van der Waals surface area contributed by atoms with Gasteiger partial charge in [-0.25, -0.2) is 0 Å². The maximum Gasteiger partial charge on any atom is 0.225 e. The Bertz CT molecular complexity index is 202. The average Bonchev–Trinajstić information content (AvgIpc) is 2.28. The van der Waals surface area contributed by atoms with E-state index >= 15 is 0 Å². The minimum atomic E-state index is 0.381. The highest BCUT2D eigenvalue weighted by Crippen LogP contribution is 2.38. The zero-order valence-corrected chi connectivity index (χ0v) is 7.92. The van der Waals surface area contributed by atoms with E-state index < -0.39 is 0 Å². The van der Waals surface area contributed by atoms with Gasteiger partial charge in [-0.15, -0.1) is 0 Å². The monoisotopic (exact) mass is 167 g/mol. The molecule has 0 N–H and O–H groups in total. The van der Waals surface area contributed by atoms with Crippen LogP contribution >= 0.6 is 0 Å². The molecule has 3 atom stereocenters. The van der Waals surface area contributed by atoms with Gasteiger partial charge in [0.15, 0.2) is 0 Å². The first-order valence-corrected chi connectivity index (χ1v) is 4.93. The molecule has 1 heterocycles. The van der Waals surface area contributed by atoms with Crippen LogP contribution < -0.4 is 0 Å². The van der Waals surface area contributed by atoms with Gasteiger partial charge in [0.1, 0.15) is 0 Å². The number of amides is 1. The first-order valence-electron chi connectivity index (χ1n) is 4.93. The number of hydrogen-bond donors (Lipinski definition) is 0. The summed E-state index contributed by atoms with van der Waals surface area (Å²) in [4.78, 5) is 13.5. The summed E-state index contributed by atoms with van der Waals surface area (Å²) in [5.74, 6) is 2.29. The van der Waals surface area contributed by atoms with Crippen LogP contribution in [0.25, 0.3) is 0 Å². The van der Waals surface area contributed by atoms with E-state index in [1.54, 1.807) is 0 Å². The van der Waals surface area contributed by atoms with Crippen LogP contribution in [0.3, 0.4) is 0 Å². The van der Waals surface area contributed by atoms with Gasteiger partial charge in [0.25, 0.3) is 0 Å². The van der Waals surface area contributed by atoms with Gasteiger partial charge in [-0.1, -0.05) is 6.92 Å². The van der Waals surface area contributed by atoms with Crippen molar-refractivity contribution in [1.29, 1.82) is 0 Å². The second-order valence-corrected chi connectivity index (χ2v) is 4.50. The Labute approximate surface area is 73.9 Å². The summed E-state index contributed by atoms with van der Waals surface area (Å²) in [6.45, 7) is 3.31. The smallest absolute Gasteiger partial charge is 0.225 e. The average molecular weight is 167 g/mol. The molecule has 1 aliphatic carbocycles. The van der Waals surface area contributed by atoms with Crippen molar-refractivity contribution in [1.82, 2.24) is 4.90 Å². The molecule has 2 unspecified atom stereocenters. The van der Waals surface area contributed by atoms with Gasteiger partial charge in [0.05, 0.1) is 0 Å². The number of likely N-dealkylation sites (tertiary alicyclic amines) is 1. The van der Waals surface area contributed by atoms with E-state index in [0.29, 0.717) is 17.7 Å². The third-order valence-corrected chi connectivity index (χ3v) is 3.45. The first kappa shape index (κ1) is 8.09. The summed E-state index contributed by atoms with van der Waals surface area (Å²) in [5.41, 5.74) is 0. The highest BCUT2D eigenvalue weighted by molar-refractivity contribution is 5.81. The van der Waals surface area contributed by atoms with Gasteiger partial charge in [-0.05, 0) is 31.1 Å². The molecule has 0 aromatic rings. The third kappa shape index (κ3) is 1.13. The lowest BCUT2D eigenvalue weighted by molar-refractivity contribution is -0.130. The summed E-state index contributed by atoms with van der Waals surface area (Å²) < 4.78 is 0. The van der Waals surface area contributed by atoms with Crippen molar-refractivity contribution < 1.29 is 4.79 Å². The highest BCUT2D eigenvalue weighted by atomic mass is 16.2. The molecule has 68 valence electrons. The summed E-state index contributed by atoms with van der Waals surface area (Å²) in [6, 6.07) is 0. The van der Waals surface area contributed by atoms with Gasteiger partial charge in [-0.2, -0.15) is 0 Å². The molecule has 2 rings (SSSR count). The SMILES string of the molecule is C[C@@H]1CCC2C(=O)N(C)CC2C1. The Kier molecular flexibility index (Phi) is 1.85. The van der Waals surface area contributed by atoms with Crippen LogP contribution in [0, 0.1) is 17.8 Å². The van der Waals surface area contributed by atoms with Gasteiger partial charge < -0.3 is 4.90 Å². The maximum absolute atomic E-state index is 11.6. The van der Waals surface area contributed by atoms with E-state index in [-0.39, 0.29) is 0 Å². The molecule has 12 heavy (non-hydrogen) atoms. The maximum atomic E-state index is 11.6. The highest BCUT2D eigenvalue weighted by Gasteiger charge is 2.41. The molecule has 0 spiro atoms. The molecule has 0 aromatic carbocycles. The minimum absolute atomic E-state index is 0.381. The van der Waals surface area contributed by atoms with Crippen LogP contribution in [0.5, 0.6) is 0 Å². The Morgan fingerprint density at radius 1 is 1.42 bits per heavy atom. The van der Waals surface area contributed by atoms with Gasteiger partial charge in [0.2, 0.25) is 5.91 Å². The van der Waals surface area contributed by atoms with Crippen LogP contribution in [0.15, 0.2) is 0 Å². The molecule has 1 amide bonds. The summed E-state index contributed by atoms with van der Waals surface area (Å²) >= 11 is 0. The summed E-state index contributed by atoms with van der Waals surface area (Å²) in [5, 5.41) is 0. The van der Waals surface area contributed by atoms with Crippen molar-refractivity contribution in [2.45, 2.75) is 26.2 Å². The number of fused-ring (bicyclic) bond motifs is 1. The molecular formula is C10H17NO. The van der Waals surface area contributed by atoms with Gasteiger partial charge >= 0.3 is 0 Å². The number of hydrogen-bond acceptors (Lipinski definition) is 1. The van der Waals surface area contributed by atoms with Gasteiger partial charge in [0, 0.05) is 19.5 Å². The lowest BCUT2D eigenvalue weighted by Gasteiger charge is -2.26. The normalized spacial score (nSPS) is 41.7. The van der Waals surface area contributed by atoms with E-state index in [9.17, 15) is 4.79 Å². The standard InChI is InChI=1S/C10H17NO/c1-7-3-4-9-8(5-7)6-11(2)10(9)12/h7-9H,3-6H2,1-2H3/t7-,8?,9?/m1/s1. The van der Waals surface area contributed by atoms with E-state index in [2.05, 4.69) is 6.92 Å². The Balaban J connectivity index is 2.09. The van der Waals surface area contributed by atoms with Crippen LogP contribution in [-0.4, -0.2) is 24.4 Å². The minimum Gasteiger partial charge on any atom is -0.345 e. The summed E-state index contributed by atoms with van der Waals surface area (Å²) in [7, 11) is 1.94. The zero-order valence-electron chi connectivity index (χ0n) is 7.92. The van der Waals surface area contributed by atoms with Crippen LogP contribution in [-0.2, 0) is 4.79 Å². The number of carbonyl (C=O) groups is 1. The molecule has 0 aromatic heterocycles. The topological polar surface area (TPSA) is 20.3 Å². The predicted molar refractivity (Wildman–Crippen MR) is 47.6 cm³/mol. The van der Waals surface area contributed by atoms with E-state index in [1.807, 2.05) is 11.9 Å². The van der Waals surface area contributed by atoms with Crippen LogP contribution in [0.4, 0.5) is 0 Å². The third-order valence-electron chi connectivity index (χ3n) is 3.45. The van der Waals surface area contributed by atoms with Crippen molar-refractivity contribution in [3.8, 4) is 0 Å². The van der Waals surface area contributed by atoms with E-state index in [0.717, 1.165) is 18.9 Å². The molecule has 2 fully saturated rings. The molecule has 2 heteroatoms. The van der Waals surface area contributed by atoms with Crippen molar-refractivity contribution >= 4 is 5.91 Å². The predicted octanol–water partition coefficient (Wildman–Crippen LogP) is 1.51. The van der Waals surface area contributed by atoms with Crippen molar-refractivity contribution in [2.24, 2.45) is 17.8 Å². The number of nitrogens with zero attached hydrogens (tertiary/aromatic N) is 1. The fourth-order valence-corrected chi connectivity index (χ4v) is 2.75. The van der Waals surface area contributed by atoms with E-state index in [4.69, 9.17) is 0 Å². The molecule has 1 saturated carbocycles. The zero-order chi connectivity index (χ0) is 8.72. The van der Waals surface area contributed by atoms with Crippen molar-refractivity contribution in [3.05, 3.63) is 0 Å². The lowest BCUT2D eigenvalue weighted by atomic mass is 9.76. The number of rotatable bonds is 0. The lowest BCUT2D eigenvalue weighted by Crippen LogP contribution is -2.25. The molecule has 1 aliphatic heterocycles. The molecule has 0 bridgehead atoms. The molecule has 0 radical (unpaired) electrons. The molecule has 1 saturated heterocycles. The fourth-order valence-electron chi connectivity index (χ4n) is 2.75. The second-order valence-electron chi connectivity index (χ2n) is 4.50. The van der Waals surface area contributed by atoms with Crippen LogP contribution in [0.1, 0.15) is 26.2 Å². The molecular weight excluding hydrogens is 150 g/mol. The second kappa shape index (κ2) is 2.75. The van der Waals surface area contributed by atoms with Crippen molar-refractivity contribution in [3.63, 3.8) is 0 Å².